The third kappa shape index (κ3) is 5.98. The first kappa shape index (κ1) is 26.1. The Labute approximate surface area is 232 Å². The molecule has 0 spiro atoms. The van der Waals surface area contributed by atoms with Gasteiger partial charge in [-0.2, -0.15) is 9.78 Å². The van der Waals surface area contributed by atoms with Crippen LogP contribution in [0, 0.1) is 5.82 Å². The fraction of sp³-hybridized carbons (Fsp3) is 0.0345. The van der Waals surface area contributed by atoms with Gasteiger partial charge in [0, 0.05) is 11.3 Å². The van der Waals surface area contributed by atoms with E-state index >= 15 is 0 Å². The highest BCUT2D eigenvalue weighted by Gasteiger charge is 2.14. The molecule has 0 saturated heterocycles. The average molecular weight is 561 g/mol. The van der Waals surface area contributed by atoms with Crippen LogP contribution >= 0.6 is 23.2 Å². The largest absolute Gasteiger partial charge is 0.481 e. The highest BCUT2D eigenvalue weighted by Crippen LogP contribution is 2.34. The van der Waals surface area contributed by atoms with Gasteiger partial charge >= 0.3 is 0 Å². The summed E-state index contributed by atoms with van der Waals surface area (Å²) in [6, 6.07) is 24.9. The molecular weight excluding hydrogens is 542 g/mol. The van der Waals surface area contributed by atoms with Crippen LogP contribution in [-0.4, -0.2) is 28.4 Å². The van der Waals surface area contributed by atoms with Crippen molar-refractivity contribution < 1.29 is 13.9 Å². The van der Waals surface area contributed by atoms with Gasteiger partial charge in [0.1, 0.15) is 5.82 Å². The van der Waals surface area contributed by atoms with Crippen LogP contribution in [0.1, 0.15) is 5.56 Å². The van der Waals surface area contributed by atoms with Crippen molar-refractivity contribution in [2.75, 3.05) is 11.9 Å². The lowest BCUT2D eigenvalue weighted by atomic mass is 10.2. The first-order valence-corrected chi connectivity index (χ1v) is 12.4. The predicted molar refractivity (Wildman–Crippen MR) is 151 cm³/mol. The second-order valence-electron chi connectivity index (χ2n) is 8.34. The summed E-state index contributed by atoms with van der Waals surface area (Å²) in [5.41, 5.74) is 1.72. The van der Waals surface area contributed by atoms with Crippen molar-refractivity contribution in [3.63, 3.8) is 0 Å². The molecule has 0 aliphatic rings. The molecule has 0 radical (unpaired) electrons. The van der Waals surface area contributed by atoms with Gasteiger partial charge in [-0.25, -0.2) is 9.37 Å². The van der Waals surface area contributed by atoms with Crippen LogP contribution in [0.25, 0.3) is 22.3 Å². The lowest BCUT2D eigenvalue weighted by Crippen LogP contribution is -2.20. The maximum Gasteiger partial charge on any atom is 0.282 e. The van der Waals surface area contributed by atoms with E-state index < -0.39 is 18.3 Å². The summed E-state index contributed by atoms with van der Waals surface area (Å²) < 4.78 is 20.1. The number of rotatable bonds is 7. The normalized spacial score (nSPS) is 11.2. The number of fused-ring (bicyclic) bond motifs is 1. The SMILES string of the molecule is O=C(COc1c(Cl)cc(C=Nn2c(-c3ccccc3)nc3ccccc3c2=O)cc1Cl)Nc1cccc(F)c1. The van der Waals surface area contributed by atoms with Gasteiger partial charge in [-0.05, 0) is 48.0 Å². The maximum absolute atomic E-state index is 13.3. The van der Waals surface area contributed by atoms with Gasteiger partial charge < -0.3 is 10.1 Å². The summed E-state index contributed by atoms with van der Waals surface area (Å²) in [5.74, 6) is -0.527. The summed E-state index contributed by atoms with van der Waals surface area (Å²) in [6.45, 7) is -0.401. The van der Waals surface area contributed by atoms with Gasteiger partial charge in [-0.1, -0.05) is 71.7 Å². The van der Waals surface area contributed by atoms with Gasteiger partial charge in [-0.15, -0.1) is 0 Å². The molecule has 39 heavy (non-hydrogen) atoms. The van der Waals surface area contributed by atoms with Crippen molar-refractivity contribution in [3.05, 3.63) is 123 Å². The number of amides is 1. The van der Waals surface area contributed by atoms with Crippen LogP contribution < -0.4 is 15.6 Å². The van der Waals surface area contributed by atoms with Gasteiger partial charge in [0.2, 0.25) is 0 Å². The fourth-order valence-electron chi connectivity index (χ4n) is 3.82. The van der Waals surface area contributed by atoms with Crippen LogP contribution in [0.5, 0.6) is 5.75 Å². The van der Waals surface area contributed by atoms with E-state index in [1.807, 2.05) is 36.4 Å². The van der Waals surface area contributed by atoms with Crippen LogP contribution in [0.2, 0.25) is 10.0 Å². The van der Waals surface area contributed by atoms with Crippen molar-refractivity contribution in [1.29, 1.82) is 0 Å². The molecule has 0 aliphatic heterocycles. The quantitative estimate of drug-likeness (QED) is 0.233. The monoisotopic (exact) mass is 560 g/mol. The Bertz CT molecular complexity index is 1750. The second-order valence-corrected chi connectivity index (χ2v) is 9.16. The van der Waals surface area contributed by atoms with Gasteiger partial charge in [0.15, 0.2) is 18.2 Å². The van der Waals surface area contributed by atoms with E-state index in [0.717, 1.165) is 0 Å². The Morgan fingerprint density at radius 1 is 0.974 bits per heavy atom. The highest BCUT2D eigenvalue weighted by atomic mass is 35.5. The molecule has 0 saturated carbocycles. The van der Waals surface area contributed by atoms with Crippen LogP contribution in [0.4, 0.5) is 10.1 Å². The van der Waals surface area contributed by atoms with Crippen LogP contribution in [0.15, 0.2) is 101 Å². The zero-order valence-electron chi connectivity index (χ0n) is 20.1. The number of nitrogens with zero attached hydrogens (tertiary/aromatic N) is 3. The van der Waals surface area contributed by atoms with E-state index in [2.05, 4.69) is 15.4 Å². The summed E-state index contributed by atoms with van der Waals surface area (Å²) in [6.07, 6.45) is 1.43. The van der Waals surface area contributed by atoms with Crippen molar-refractivity contribution in [2.24, 2.45) is 5.10 Å². The first-order valence-electron chi connectivity index (χ1n) is 11.7. The number of benzene rings is 4. The number of carbonyl (C=O) groups is 1. The molecule has 0 bridgehead atoms. The summed E-state index contributed by atoms with van der Waals surface area (Å²) in [5, 5.41) is 7.63. The molecule has 1 N–H and O–H groups in total. The van der Waals surface area contributed by atoms with Crippen LogP contribution in [0.3, 0.4) is 0 Å². The fourth-order valence-corrected chi connectivity index (χ4v) is 4.44. The number of nitrogens with one attached hydrogen (secondary N) is 1. The minimum Gasteiger partial charge on any atom is -0.481 e. The smallest absolute Gasteiger partial charge is 0.282 e. The first-order chi connectivity index (χ1) is 18.9. The topological polar surface area (TPSA) is 85.6 Å². The molecule has 1 amide bonds. The number of halogens is 3. The van der Waals surface area contributed by atoms with E-state index in [1.54, 1.807) is 36.4 Å². The number of anilines is 1. The Morgan fingerprint density at radius 2 is 1.69 bits per heavy atom. The Hall–Kier alpha value is -4.53. The zero-order chi connectivity index (χ0) is 27.4. The minimum atomic E-state index is -0.519. The summed E-state index contributed by atoms with van der Waals surface area (Å²) in [4.78, 5) is 30.2. The average Bonchev–Trinajstić information content (AvgIpc) is 2.92. The van der Waals surface area contributed by atoms with Gasteiger partial charge in [0.05, 0.1) is 27.2 Å². The molecule has 0 fully saturated rings. The zero-order valence-corrected chi connectivity index (χ0v) is 21.7. The van der Waals surface area contributed by atoms with Crippen molar-refractivity contribution in [3.8, 4) is 17.1 Å². The molecule has 1 aromatic heterocycles. The molecule has 1 heterocycles. The van der Waals surface area contributed by atoms with E-state index in [9.17, 15) is 14.0 Å². The third-order valence-corrected chi connectivity index (χ3v) is 6.15. The lowest BCUT2D eigenvalue weighted by Gasteiger charge is -2.12. The molecule has 0 unspecified atom stereocenters. The van der Waals surface area contributed by atoms with E-state index in [0.29, 0.717) is 33.5 Å². The highest BCUT2D eigenvalue weighted by molar-refractivity contribution is 6.37. The lowest BCUT2D eigenvalue weighted by molar-refractivity contribution is -0.118. The maximum atomic E-state index is 13.3. The van der Waals surface area contributed by atoms with Crippen molar-refractivity contribution in [1.82, 2.24) is 9.66 Å². The molecule has 0 aliphatic carbocycles. The molecule has 0 atom stereocenters. The van der Waals surface area contributed by atoms with Gasteiger partial charge in [-0.3, -0.25) is 9.59 Å². The Morgan fingerprint density at radius 3 is 2.44 bits per heavy atom. The number of carbonyl (C=O) groups excluding carboxylic acids is 1. The summed E-state index contributed by atoms with van der Waals surface area (Å²) in [7, 11) is 0. The number of aromatic nitrogens is 2. The van der Waals surface area contributed by atoms with Crippen molar-refractivity contribution in [2.45, 2.75) is 0 Å². The third-order valence-electron chi connectivity index (χ3n) is 5.58. The summed E-state index contributed by atoms with van der Waals surface area (Å²) >= 11 is 12.8. The molecule has 194 valence electrons. The molecule has 10 heteroatoms. The van der Waals surface area contributed by atoms with Gasteiger partial charge in [0.25, 0.3) is 11.5 Å². The standard InChI is InChI=1S/C29H19Cl2FN4O3/c30-23-13-18(14-24(31)27(23)39-17-26(37)34-21-10-6-9-20(32)15-21)16-33-36-28(19-7-2-1-3-8-19)35-25-12-5-4-11-22(25)29(36)38/h1-16H,17H2,(H,34,37). The van der Waals surface area contributed by atoms with Crippen LogP contribution in [-0.2, 0) is 4.79 Å². The number of hydrogen-bond donors (Lipinski definition) is 1. The number of ether oxygens (including phenoxy) is 1. The number of hydrogen-bond acceptors (Lipinski definition) is 5. The van der Waals surface area contributed by atoms with Crippen molar-refractivity contribution >= 4 is 51.9 Å². The molecule has 5 rings (SSSR count). The van der Waals surface area contributed by atoms with E-state index in [-0.39, 0.29) is 21.4 Å². The number of para-hydroxylation sites is 1. The van der Waals surface area contributed by atoms with E-state index in [1.165, 1.54) is 29.1 Å². The molecule has 4 aromatic carbocycles. The molecule has 5 aromatic rings. The minimum absolute atomic E-state index is 0.0967. The molecular formula is C29H19Cl2FN4O3. The van der Waals surface area contributed by atoms with E-state index in [4.69, 9.17) is 27.9 Å². The second kappa shape index (κ2) is 11.5. The Balaban J connectivity index is 1.40. The Kier molecular flexibility index (Phi) is 7.67. The molecule has 7 nitrogen and oxygen atoms in total. The predicted octanol–water partition coefficient (Wildman–Crippen LogP) is 6.41.